The van der Waals surface area contributed by atoms with Crippen molar-refractivity contribution in [2.45, 2.75) is 13.3 Å². The van der Waals surface area contributed by atoms with Gasteiger partial charge in [0.25, 0.3) is 5.91 Å². The Labute approximate surface area is 132 Å². The van der Waals surface area contributed by atoms with Crippen molar-refractivity contribution in [3.05, 3.63) is 57.3 Å². The number of rotatable bonds is 3. The van der Waals surface area contributed by atoms with E-state index in [1.807, 2.05) is 13.0 Å². The highest BCUT2D eigenvalue weighted by Crippen LogP contribution is 2.21. The molecule has 21 heavy (non-hydrogen) atoms. The van der Waals surface area contributed by atoms with Crippen LogP contribution in [0, 0.1) is 11.3 Å². The predicted octanol–water partition coefficient (Wildman–Crippen LogP) is 4.07. The molecule has 0 radical (unpaired) electrons. The van der Waals surface area contributed by atoms with Crippen molar-refractivity contribution in [1.29, 1.82) is 5.26 Å². The summed E-state index contributed by atoms with van der Waals surface area (Å²) < 4.78 is 0. The van der Waals surface area contributed by atoms with Gasteiger partial charge >= 0.3 is 0 Å². The van der Waals surface area contributed by atoms with Gasteiger partial charge in [0.15, 0.2) is 0 Å². The van der Waals surface area contributed by atoms with E-state index in [0.717, 1.165) is 5.69 Å². The first-order valence-electron chi connectivity index (χ1n) is 6.21. The Kier molecular flexibility index (Phi) is 4.79. The van der Waals surface area contributed by atoms with Gasteiger partial charge in [0.05, 0.1) is 11.3 Å². The van der Waals surface area contributed by atoms with Gasteiger partial charge in [0.2, 0.25) is 0 Å². The molecule has 1 aromatic carbocycles. The van der Waals surface area contributed by atoms with E-state index < -0.39 is 0 Å². The van der Waals surface area contributed by atoms with Crippen LogP contribution in [-0.4, -0.2) is 10.9 Å². The lowest BCUT2D eigenvalue weighted by Crippen LogP contribution is -2.13. The van der Waals surface area contributed by atoms with E-state index in [-0.39, 0.29) is 11.1 Å². The molecule has 0 fully saturated rings. The van der Waals surface area contributed by atoms with Crippen LogP contribution in [0.1, 0.15) is 28.5 Å². The molecule has 1 N–H and O–H groups in total. The minimum absolute atomic E-state index is 0.256. The SMILES string of the molecule is CCc1cc(C(=O)Nc2cc(Cl)ccc2C#N)cc(Cl)n1. The molecule has 0 bridgehead atoms. The maximum absolute atomic E-state index is 12.3. The van der Waals surface area contributed by atoms with Gasteiger partial charge in [-0.25, -0.2) is 4.98 Å². The average molecular weight is 320 g/mol. The van der Waals surface area contributed by atoms with Gasteiger partial charge in [-0.3, -0.25) is 4.79 Å². The molecule has 106 valence electrons. The summed E-state index contributed by atoms with van der Waals surface area (Å²) in [7, 11) is 0. The second kappa shape index (κ2) is 6.57. The number of amides is 1. The third-order valence-electron chi connectivity index (χ3n) is 2.82. The van der Waals surface area contributed by atoms with Crippen LogP contribution in [0.4, 0.5) is 5.69 Å². The number of hydrogen-bond donors (Lipinski definition) is 1. The number of nitrogens with one attached hydrogen (secondary N) is 1. The molecule has 2 rings (SSSR count). The van der Waals surface area contributed by atoms with E-state index in [0.29, 0.717) is 28.3 Å². The van der Waals surface area contributed by atoms with Crippen molar-refractivity contribution in [2.75, 3.05) is 5.32 Å². The monoisotopic (exact) mass is 319 g/mol. The standard InChI is InChI=1S/C15H11Cl2N3O/c1-2-12-5-10(6-14(17)19-12)15(21)20-13-7-11(16)4-3-9(13)8-18/h3-7H,2H2,1H3,(H,20,21). The summed E-state index contributed by atoms with van der Waals surface area (Å²) in [6.07, 6.45) is 0.668. The number of benzene rings is 1. The molecule has 0 aliphatic carbocycles. The molecule has 2 aromatic rings. The van der Waals surface area contributed by atoms with Gasteiger partial charge in [-0.1, -0.05) is 30.1 Å². The molecule has 0 atom stereocenters. The average Bonchev–Trinajstić information content (AvgIpc) is 2.46. The largest absolute Gasteiger partial charge is 0.321 e. The summed E-state index contributed by atoms with van der Waals surface area (Å²) >= 11 is 11.8. The molecule has 4 nitrogen and oxygen atoms in total. The fraction of sp³-hybridized carbons (Fsp3) is 0.133. The predicted molar refractivity (Wildman–Crippen MR) is 82.7 cm³/mol. The van der Waals surface area contributed by atoms with Gasteiger partial charge in [-0.15, -0.1) is 0 Å². The Morgan fingerprint density at radius 2 is 2.10 bits per heavy atom. The number of halogens is 2. The summed E-state index contributed by atoms with van der Waals surface area (Å²) in [5.74, 6) is -0.368. The summed E-state index contributed by atoms with van der Waals surface area (Å²) in [5, 5.41) is 12.4. The molecule has 1 aromatic heterocycles. The van der Waals surface area contributed by atoms with Gasteiger partial charge in [0, 0.05) is 16.3 Å². The Balaban J connectivity index is 2.32. The number of nitrogens with zero attached hydrogens (tertiary/aromatic N) is 2. The molecule has 0 aliphatic heterocycles. The Bertz CT molecular complexity index is 738. The molecule has 0 spiro atoms. The van der Waals surface area contributed by atoms with Gasteiger partial charge in [-0.05, 0) is 36.8 Å². The molecular formula is C15H11Cl2N3O. The minimum atomic E-state index is -0.368. The van der Waals surface area contributed by atoms with Crippen molar-refractivity contribution >= 4 is 34.8 Å². The number of nitriles is 1. The number of anilines is 1. The van der Waals surface area contributed by atoms with Crippen LogP contribution in [0.25, 0.3) is 0 Å². The third-order valence-corrected chi connectivity index (χ3v) is 3.25. The van der Waals surface area contributed by atoms with Crippen molar-refractivity contribution in [1.82, 2.24) is 4.98 Å². The first-order chi connectivity index (χ1) is 10.0. The highest BCUT2D eigenvalue weighted by Gasteiger charge is 2.12. The number of pyridine rings is 1. The maximum atomic E-state index is 12.3. The van der Waals surface area contributed by atoms with Crippen molar-refractivity contribution in [2.24, 2.45) is 0 Å². The van der Waals surface area contributed by atoms with E-state index in [1.54, 1.807) is 18.2 Å². The fourth-order valence-corrected chi connectivity index (χ4v) is 2.17. The number of aromatic nitrogens is 1. The van der Waals surface area contributed by atoms with E-state index >= 15 is 0 Å². The summed E-state index contributed by atoms with van der Waals surface area (Å²) in [6, 6.07) is 9.82. The van der Waals surface area contributed by atoms with E-state index in [1.165, 1.54) is 12.1 Å². The van der Waals surface area contributed by atoms with Crippen LogP contribution >= 0.6 is 23.2 Å². The molecule has 0 aliphatic rings. The molecule has 1 heterocycles. The maximum Gasteiger partial charge on any atom is 0.255 e. The van der Waals surface area contributed by atoms with Crippen LogP contribution < -0.4 is 5.32 Å². The first-order valence-corrected chi connectivity index (χ1v) is 6.96. The molecule has 0 saturated heterocycles. The third kappa shape index (κ3) is 3.72. The quantitative estimate of drug-likeness (QED) is 0.867. The molecule has 1 amide bonds. The molecule has 6 heteroatoms. The smallest absolute Gasteiger partial charge is 0.255 e. The highest BCUT2D eigenvalue weighted by atomic mass is 35.5. The zero-order chi connectivity index (χ0) is 15.4. The first kappa shape index (κ1) is 15.3. The van der Waals surface area contributed by atoms with E-state index in [9.17, 15) is 4.79 Å². The summed E-state index contributed by atoms with van der Waals surface area (Å²) in [4.78, 5) is 16.4. The molecule has 0 unspecified atom stereocenters. The lowest BCUT2D eigenvalue weighted by Gasteiger charge is -2.08. The second-order valence-electron chi connectivity index (χ2n) is 4.28. The van der Waals surface area contributed by atoms with Gasteiger partial charge < -0.3 is 5.32 Å². The molecule has 0 saturated carbocycles. The summed E-state index contributed by atoms with van der Waals surface area (Å²) in [6.45, 7) is 1.92. The summed E-state index contributed by atoms with van der Waals surface area (Å²) in [5.41, 5.74) is 1.81. The van der Waals surface area contributed by atoms with Gasteiger partial charge in [0.1, 0.15) is 11.2 Å². The number of hydrogen-bond acceptors (Lipinski definition) is 3. The topological polar surface area (TPSA) is 65.8 Å². The zero-order valence-corrected chi connectivity index (χ0v) is 12.7. The fourth-order valence-electron chi connectivity index (χ4n) is 1.78. The van der Waals surface area contributed by atoms with E-state index in [4.69, 9.17) is 28.5 Å². The number of carbonyl (C=O) groups excluding carboxylic acids is 1. The van der Waals surface area contributed by atoms with Crippen LogP contribution in [-0.2, 0) is 6.42 Å². The van der Waals surface area contributed by atoms with Crippen molar-refractivity contribution < 1.29 is 4.79 Å². The normalized spacial score (nSPS) is 10.0. The minimum Gasteiger partial charge on any atom is -0.321 e. The van der Waals surface area contributed by atoms with E-state index in [2.05, 4.69) is 10.3 Å². The lowest BCUT2D eigenvalue weighted by molar-refractivity contribution is 0.102. The van der Waals surface area contributed by atoms with Gasteiger partial charge in [-0.2, -0.15) is 5.26 Å². The highest BCUT2D eigenvalue weighted by molar-refractivity contribution is 6.31. The van der Waals surface area contributed by atoms with Crippen LogP contribution in [0.2, 0.25) is 10.2 Å². The van der Waals surface area contributed by atoms with Crippen LogP contribution in [0.15, 0.2) is 30.3 Å². The molecular weight excluding hydrogens is 309 g/mol. The van der Waals surface area contributed by atoms with Crippen LogP contribution in [0.5, 0.6) is 0 Å². The lowest BCUT2D eigenvalue weighted by atomic mass is 10.1. The Morgan fingerprint density at radius 3 is 2.76 bits per heavy atom. The van der Waals surface area contributed by atoms with Crippen LogP contribution in [0.3, 0.4) is 0 Å². The Morgan fingerprint density at radius 1 is 1.33 bits per heavy atom. The van der Waals surface area contributed by atoms with Crippen molar-refractivity contribution in [3.8, 4) is 6.07 Å². The second-order valence-corrected chi connectivity index (χ2v) is 5.10. The number of aryl methyl sites for hydroxylation is 1. The number of carbonyl (C=O) groups is 1. The van der Waals surface area contributed by atoms with Crippen molar-refractivity contribution in [3.63, 3.8) is 0 Å². The Hall–Kier alpha value is -2.09. The zero-order valence-electron chi connectivity index (χ0n) is 11.2.